The van der Waals surface area contributed by atoms with Crippen LogP contribution in [0.2, 0.25) is 0 Å². The molecule has 0 bridgehead atoms. The molecule has 0 amide bonds. The summed E-state index contributed by atoms with van der Waals surface area (Å²) in [6, 6.07) is 8.97. The van der Waals surface area contributed by atoms with Crippen molar-refractivity contribution < 1.29 is 5.11 Å². The van der Waals surface area contributed by atoms with E-state index in [1.165, 1.54) is 16.7 Å². The zero-order chi connectivity index (χ0) is 15.0. The lowest BCUT2D eigenvalue weighted by Gasteiger charge is -2.48. The van der Waals surface area contributed by atoms with Crippen LogP contribution in [0.1, 0.15) is 44.2 Å². The van der Waals surface area contributed by atoms with Gasteiger partial charge in [0.05, 0.1) is 5.60 Å². The summed E-state index contributed by atoms with van der Waals surface area (Å²) in [6.45, 7) is 10.3. The molecule has 0 spiro atoms. The molecule has 0 saturated heterocycles. The average molecular weight is 285 g/mol. The highest BCUT2D eigenvalue weighted by molar-refractivity contribution is 5.29. The number of aliphatic hydroxyl groups is 1. The van der Waals surface area contributed by atoms with Gasteiger partial charge in [-0.1, -0.05) is 36.4 Å². The van der Waals surface area contributed by atoms with E-state index in [1.807, 2.05) is 6.92 Å². The van der Waals surface area contributed by atoms with Crippen LogP contribution in [0, 0.1) is 5.92 Å². The zero-order valence-corrected chi connectivity index (χ0v) is 13.3. The minimum Gasteiger partial charge on any atom is -0.389 e. The van der Waals surface area contributed by atoms with Crippen molar-refractivity contribution in [2.45, 2.75) is 57.7 Å². The van der Waals surface area contributed by atoms with Gasteiger partial charge in [-0.25, -0.2) is 0 Å². The predicted octanol–water partition coefficient (Wildman–Crippen LogP) is 3.54. The van der Waals surface area contributed by atoms with E-state index in [0.29, 0.717) is 5.92 Å². The van der Waals surface area contributed by atoms with Crippen LogP contribution in [0.25, 0.3) is 0 Å². The fraction of sp³-hybridized carbons (Fsp3) is 0.579. The molecule has 1 aromatic rings. The van der Waals surface area contributed by atoms with E-state index in [0.717, 1.165) is 38.8 Å². The number of rotatable bonds is 2. The van der Waals surface area contributed by atoms with Crippen LogP contribution >= 0.6 is 0 Å². The first-order valence-corrected chi connectivity index (χ1v) is 8.16. The third-order valence-electron chi connectivity index (χ3n) is 5.52. The predicted molar refractivity (Wildman–Crippen MR) is 87.1 cm³/mol. The summed E-state index contributed by atoms with van der Waals surface area (Å²) in [5, 5.41) is 10.9. The molecule has 3 atom stereocenters. The van der Waals surface area contributed by atoms with Crippen molar-refractivity contribution in [1.82, 2.24) is 4.90 Å². The third-order valence-corrected chi connectivity index (χ3v) is 5.52. The van der Waals surface area contributed by atoms with Gasteiger partial charge in [0.2, 0.25) is 0 Å². The molecule has 1 fully saturated rings. The number of hydrogen-bond acceptors (Lipinski definition) is 2. The van der Waals surface area contributed by atoms with E-state index >= 15 is 0 Å². The Balaban J connectivity index is 1.80. The van der Waals surface area contributed by atoms with Gasteiger partial charge in [0, 0.05) is 19.1 Å². The average Bonchev–Trinajstić information content (AvgIpc) is 2.46. The van der Waals surface area contributed by atoms with E-state index in [9.17, 15) is 5.11 Å². The second kappa shape index (κ2) is 5.58. The molecule has 1 saturated carbocycles. The molecule has 3 unspecified atom stereocenters. The molecule has 2 nitrogen and oxygen atoms in total. The summed E-state index contributed by atoms with van der Waals surface area (Å²) in [5.74, 6) is 0.562. The maximum Gasteiger partial charge on any atom is 0.0774 e. The van der Waals surface area contributed by atoms with Crippen LogP contribution < -0.4 is 0 Å². The topological polar surface area (TPSA) is 23.5 Å². The second-order valence-electron chi connectivity index (χ2n) is 7.18. The Kier molecular flexibility index (Phi) is 3.94. The molecule has 1 aromatic carbocycles. The summed E-state index contributed by atoms with van der Waals surface area (Å²) < 4.78 is 0. The summed E-state index contributed by atoms with van der Waals surface area (Å²) in [6.07, 6.45) is 4.10. The van der Waals surface area contributed by atoms with Gasteiger partial charge >= 0.3 is 0 Å². The van der Waals surface area contributed by atoms with Crippen molar-refractivity contribution >= 4 is 0 Å². The van der Waals surface area contributed by atoms with Crippen LogP contribution in [0.15, 0.2) is 36.4 Å². The van der Waals surface area contributed by atoms with Gasteiger partial charge in [-0.05, 0) is 56.6 Å². The minimum absolute atomic E-state index is 0.251. The molecule has 2 heteroatoms. The highest BCUT2D eigenvalue weighted by Gasteiger charge is 2.42. The number of allylic oxidation sites excluding steroid dienone is 1. The molecule has 114 valence electrons. The van der Waals surface area contributed by atoms with Gasteiger partial charge in [0.25, 0.3) is 0 Å². The van der Waals surface area contributed by atoms with Crippen LogP contribution in [-0.2, 0) is 13.0 Å². The van der Waals surface area contributed by atoms with Crippen LogP contribution in [0.4, 0.5) is 0 Å². The number of fused-ring (bicyclic) bond motifs is 1. The molecule has 1 heterocycles. The van der Waals surface area contributed by atoms with E-state index < -0.39 is 5.60 Å². The Morgan fingerprint density at radius 3 is 2.76 bits per heavy atom. The van der Waals surface area contributed by atoms with Gasteiger partial charge in [0.15, 0.2) is 0 Å². The first kappa shape index (κ1) is 14.8. The first-order chi connectivity index (χ1) is 9.97. The van der Waals surface area contributed by atoms with Crippen molar-refractivity contribution in [1.29, 1.82) is 0 Å². The molecule has 1 aliphatic carbocycles. The molecular weight excluding hydrogens is 258 g/mol. The summed E-state index contributed by atoms with van der Waals surface area (Å²) in [4.78, 5) is 2.50. The molecule has 1 aliphatic heterocycles. The van der Waals surface area contributed by atoms with E-state index in [4.69, 9.17) is 0 Å². The number of benzene rings is 1. The highest BCUT2D eigenvalue weighted by atomic mass is 16.3. The van der Waals surface area contributed by atoms with Crippen molar-refractivity contribution in [3.63, 3.8) is 0 Å². The molecule has 2 aliphatic rings. The molecule has 3 rings (SSSR count). The van der Waals surface area contributed by atoms with Crippen molar-refractivity contribution in [3.05, 3.63) is 47.5 Å². The van der Waals surface area contributed by atoms with Gasteiger partial charge in [-0.3, -0.25) is 4.90 Å². The standard InChI is InChI=1S/C19H27NO/c1-14(2)16-8-10-19(3,21)18(12-16)20-11-9-15-6-4-5-7-17(15)13-20/h4-7,16,18,21H,1,8-13H2,2-3H3. The van der Waals surface area contributed by atoms with E-state index in [-0.39, 0.29) is 6.04 Å². The van der Waals surface area contributed by atoms with E-state index in [1.54, 1.807) is 0 Å². The Hall–Kier alpha value is -1.12. The lowest BCUT2D eigenvalue weighted by Crippen LogP contribution is -2.55. The van der Waals surface area contributed by atoms with Gasteiger partial charge in [-0.15, -0.1) is 0 Å². The summed E-state index contributed by atoms with van der Waals surface area (Å²) in [7, 11) is 0. The van der Waals surface area contributed by atoms with Crippen LogP contribution in [-0.4, -0.2) is 28.2 Å². The largest absolute Gasteiger partial charge is 0.389 e. The fourth-order valence-electron chi connectivity index (χ4n) is 4.05. The SMILES string of the molecule is C=C(C)C1CCC(C)(O)C(N2CCc3ccccc3C2)C1. The Labute approximate surface area is 128 Å². The quantitative estimate of drug-likeness (QED) is 0.840. The zero-order valence-electron chi connectivity index (χ0n) is 13.3. The minimum atomic E-state index is -0.571. The molecule has 0 radical (unpaired) electrons. The monoisotopic (exact) mass is 285 g/mol. The molecule has 21 heavy (non-hydrogen) atoms. The van der Waals surface area contributed by atoms with Crippen LogP contribution in [0.3, 0.4) is 0 Å². The number of nitrogens with zero attached hydrogens (tertiary/aromatic N) is 1. The van der Waals surface area contributed by atoms with E-state index in [2.05, 4.69) is 42.7 Å². The van der Waals surface area contributed by atoms with Crippen molar-refractivity contribution in [3.8, 4) is 0 Å². The van der Waals surface area contributed by atoms with Crippen molar-refractivity contribution in [2.75, 3.05) is 6.54 Å². The Morgan fingerprint density at radius 1 is 1.33 bits per heavy atom. The second-order valence-corrected chi connectivity index (χ2v) is 7.18. The van der Waals surface area contributed by atoms with Gasteiger partial charge in [-0.2, -0.15) is 0 Å². The maximum atomic E-state index is 10.9. The number of hydrogen-bond donors (Lipinski definition) is 1. The van der Waals surface area contributed by atoms with Gasteiger partial charge < -0.3 is 5.11 Å². The Morgan fingerprint density at radius 2 is 2.05 bits per heavy atom. The Bertz CT molecular complexity index is 534. The smallest absolute Gasteiger partial charge is 0.0774 e. The lowest BCUT2D eigenvalue weighted by atomic mass is 9.73. The van der Waals surface area contributed by atoms with Crippen molar-refractivity contribution in [2.24, 2.45) is 5.92 Å². The maximum absolute atomic E-state index is 10.9. The first-order valence-electron chi connectivity index (χ1n) is 8.16. The highest BCUT2D eigenvalue weighted by Crippen LogP contribution is 2.39. The molecule has 1 N–H and O–H groups in total. The van der Waals surface area contributed by atoms with Gasteiger partial charge in [0.1, 0.15) is 0 Å². The van der Waals surface area contributed by atoms with Crippen LogP contribution in [0.5, 0.6) is 0 Å². The third kappa shape index (κ3) is 2.93. The molecule has 0 aromatic heterocycles. The lowest BCUT2D eigenvalue weighted by molar-refractivity contribution is -0.0735. The molecular formula is C19H27NO. The normalized spacial score (nSPS) is 33.5. The summed E-state index contributed by atoms with van der Waals surface area (Å²) in [5.41, 5.74) is 3.60. The summed E-state index contributed by atoms with van der Waals surface area (Å²) >= 11 is 0. The fourth-order valence-corrected chi connectivity index (χ4v) is 4.05.